The van der Waals surface area contributed by atoms with Crippen molar-refractivity contribution >= 4 is 28.5 Å². The molecule has 4 nitrogen and oxygen atoms in total. The SMILES string of the molecule is Cc1cccc(Cc2ccc3c(c2)c(=O)c(C(=O)O)cn3Cc2ccccc2)c1Cl. The van der Waals surface area contributed by atoms with E-state index in [0.29, 0.717) is 28.9 Å². The predicted octanol–water partition coefficient (Wildman–Crippen LogP) is 5.30. The van der Waals surface area contributed by atoms with Crippen LogP contribution in [0.25, 0.3) is 10.9 Å². The van der Waals surface area contributed by atoms with Crippen molar-refractivity contribution in [2.45, 2.75) is 19.9 Å². The molecule has 0 saturated carbocycles. The molecule has 4 aromatic rings. The van der Waals surface area contributed by atoms with Crippen LogP contribution in [0.4, 0.5) is 0 Å². The first kappa shape index (κ1) is 19.9. The lowest BCUT2D eigenvalue weighted by atomic mass is 10.0. The number of halogens is 1. The second-order valence-electron chi connectivity index (χ2n) is 7.37. The molecule has 0 spiro atoms. The van der Waals surface area contributed by atoms with Crippen molar-refractivity contribution in [1.29, 1.82) is 0 Å². The molecule has 0 aliphatic heterocycles. The van der Waals surface area contributed by atoms with Crippen LogP contribution in [0.5, 0.6) is 0 Å². The van der Waals surface area contributed by atoms with Gasteiger partial charge in [-0.2, -0.15) is 0 Å². The molecule has 0 aliphatic carbocycles. The molecule has 0 saturated heterocycles. The molecule has 3 aromatic carbocycles. The number of rotatable bonds is 5. The third-order valence-electron chi connectivity index (χ3n) is 5.24. The van der Waals surface area contributed by atoms with E-state index in [1.165, 1.54) is 6.20 Å². The van der Waals surface area contributed by atoms with Gasteiger partial charge in [-0.05, 0) is 47.7 Å². The van der Waals surface area contributed by atoms with Crippen LogP contribution in [0, 0.1) is 6.92 Å². The largest absolute Gasteiger partial charge is 0.477 e. The molecule has 5 heteroatoms. The molecule has 0 aliphatic rings. The third kappa shape index (κ3) is 3.87. The monoisotopic (exact) mass is 417 g/mol. The molecular weight excluding hydrogens is 398 g/mol. The Bertz CT molecular complexity index is 1310. The summed E-state index contributed by atoms with van der Waals surface area (Å²) in [5.41, 5.74) is 3.88. The number of aromatic nitrogens is 1. The number of hydrogen-bond acceptors (Lipinski definition) is 2. The van der Waals surface area contributed by atoms with Gasteiger partial charge in [-0.15, -0.1) is 0 Å². The van der Waals surface area contributed by atoms with Crippen molar-refractivity contribution in [3.05, 3.63) is 116 Å². The number of aromatic carboxylic acids is 1. The van der Waals surface area contributed by atoms with Gasteiger partial charge in [-0.25, -0.2) is 4.79 Å². The van der Waals surface area contributed by atoms with E-state index in [9.17, 15) is 14.7 Å². The van der Waals surface area contributed by atoms with Gasteiger partial charge in [0.05, 0.1) is 5.52 Å². The van der Waals surface area contributed by atoms with E-state index >= 15 is 0 Å². The van der Waals surface area contributed by atoms with Gasteiger partial charge in [0.2, 0.25) is 5.43 Å². The first-order valence-corrected chi connectivity index (χ1v) is 9.99. The van der Waals surface area contributed by atoms with Gasteiger partial charge in [-0.3, -0.25) is 4.79 Å². The summed E-state index contributed by atoms with van der Waals surface area (Å²) in [5, 5.41) is 10.7. The molecule has 150 valence electrons. The molecule has 30 heavy (non-hydrogen) atoms. The van der Waals surface area contributed by atoms with Crippen LogP contribution in [0.3, 0.4) is 0 Å². The quantitative estimate of drug-likeness (QED) is 0.479. The minimum absolute atomic E-state index is 0.232. The summed E-state index contributed by atoms with van der Waals surface area (Å²) in [5.74, 6) is -1.23. The minimum atomic E-state index is -1.23. The Morgan fingerprint density at radius 2 is 1.77 bits per heavy atom. The van der Waals surface area contributed by atoms with Crippen molar-refractivity contribution in [3.63, 3.8) is 0 Å². The predicted molar refractivity (Wildman–Crippen MR) is 120 cm³/mol. The summed E-state index contributed by atoms with van der Waals surface area (Å²) >= 11 is 6.43. The summed E-state index contributed by atoms with van der Waals surface area (Å²) in [6, 6.07) is 21.2. The topological polar surface area (TPSA) is 59.3 Å². The fourth-order valence-electron chi connectivity index (χ4n) is 3.68. The van der Waals surface area contributed by atoms with Gasteiger partial charge >= 0.3 is 5.97 Å². The van der Waals surface area contributed by atoms with Gasteiger partial charge in [0, 0.05) is 23.2 Å². The molecule has 0 atom stereocenters. The lowest BCUT2D eigenvalue weighted by Gasteiger charge is -2.14. The number of nitrogens with zero attached hydrogens (tertiary/aromatic N) is 1. The normalized spacial score (nSPS) is 11.0. The zero-order valence-corrected chi connectivity index (χ0v) is 17.2. The molecule has 1 N–H and O–H groups in total. The average Bonchev–Trinajstić information content (AvgIpc) is 2.74. The Kier molecular flexibility index (Phi) is 5.42. The lowest BCUT2D eigenvalue weighted by molar-refractivity contribution is 0.0695. The summed E-state index contributed by atoms with van der Waals surface area (Å²) in [4.78, 5) is 24.6. The number of aryl methyl sites for hydroxylation is 1. The van der Waals surface area contributed by atoms with Crippen LogP contribution in [0.1, 0.15) is 32.6 Å². The zero-order chi connectivity index (χ0) is 21.3. The minimum Gasteiger partial charge on any atom is -0.477 e. The van der Waals surface area contributed by atoms with Crippen molar-refractivity contribution < 1.29 is 9.90 Å². The van der Waals surface area contributed by atoms with Crippen LogP contribution in [0.15, 0.2) is 77.7 Å². The molecule has 1 heterocycles. The Balaban J connectivity index is 1.84. The van der Waals surface area contributed by atoms with E-state index in [1.807, 2.05) is 72.2 Å². The van der Waals surface area contributed by atoms with Crippen LogP contribution in [-0.4, -0.2) is 15.6 Å². The standard InChI is InChI=1S/C25H20ClNO3/c1-16-6-5-9-19(23(16)26)12-18-10-11-22-20(13-18)24(28)21(25(29)30)15-27(22)14-17-7-3-2-4-8-17/h2-11,13,15H,12,14H2,1H3,(H,29,30). The molecule has 0 unspecified atom stereocenters. The molecule has 4 rings (SSSR count). The van der Waals surface area contributed by atoms with E-state index in [0.717, 1.165) is 22.3 Å². The zero-order valence-electron chi connectivity index (χ0n) is 16.4. The van der Waals surface area contributed by atoms with Gasteiger partial charge in [0.15, 0.2) is 0 Å². The van der Waals surface area contributed by atoms with Crippen LogP contribution in [-0.2, 0) is 13.0 Å². The van der Waals surface area contributed by atoms with Crippen molar-refractivity contribution in [2.24, 2.45) is 0 Å². The number of pyridine rings is 1. The highest BCUT2D eigenvalue weighted by molar-refractivity contribution is 6.32. The van der Waals surface area contributed by atoms with E-state index in [-0.39, 0.29) is 5.56 Å². The highest BCUT2D eigenvalue weighted by Gasteiger charge is 2.15. The summed E-state index contributed by atoms with van der Waals surface area (Å²) < 4.78 is 1.82. The third-order valence-corrected chi connectivity index (χ3v) is 5.78. The number of benzene rings is 3. The highest BCUT2D eigenvalue weighted by atomic mass is 35.5. The smallest absolute Gasteiger partial charge is 0.341 e. The van der Waals surface area contributed by atoms with E-state index in [2.05, 4.69) is 0 Å². The fourth-order valence-corrected chi connectivity index (χ4v) is 3.88. The van der Waals surface area contributed by atoms with Crippen LogP contribution < -0.4 is 5.43 Å². The number of fused-ring (bicyclic) bond motifs is 1. The number of carboxylic acids is 1. The van der Waals surface area contributed by atoms with E-state index < -0.39 is 11.4 Å². The van der Waals surface area contributed by atoms with Gasteiger partial charge in [-0.1, -0.05) is 66.2 Å². The van der Waals surface area contributed by atoms with Crippen LogP contribution >= 0.6 is 11.6 Å². The maximum absolute atomic E-state index is 12.9. The highest BCUT2D eigenvalue weighted by Crippen LogP contribution is 2.24. The van der Waals surface area contributed by atoms with Crippen molar-refractivity contribution in [2.75, 3.05) is 0 Å². The molecule has 0 radical (unpaired) electrons. The van der Waals surface area contributed by atoms with Gasteiger partial charge in [0.25, 0.3) is 0 Å². The molecule has 0 fully saturated rings. The molecule has 0 bridgehead atoms. The van der Waals surface area contributed by atoms with E-state index in [4.69, 9.17) is 11.6 Å². The maximum atomic E-state index is 12.9. The second-order valence-corrected chi connectivity index (χ2v) is 7.74. The fraction of sp³-hybridized carbons (Fsp3) is 0.120. The van der Waals surface area contributed by atoms with Crippen molar-refractivity contribution in [3.8, 4) is 0 Å². The number of carbonyl (C=O) groups is 1. The van der Waals surface area contributed by atoms with Crippen LogP contribution in [0.2, 0.25) is 5.02 Å². The van der Waals surface area contributed by atoms with E-state index in [1.54, 1.807) is 6.07 Å². The molecule has 0 amide bonds. The second kappa shape index (κ2) is 8.17. The Labute approximate surface area is 179 Å². The summed E-state index contributed by atoms with van der Waals surface area (Å²) in [6.07, 6.45) is 1.99. The number of carboxylic acid groups (broad SMARTS) is 1. The molecule has 1 aromatic heterocycles. The molecular formula is C25H20ClNO3. The van der Waals surface area contributed by atoms with Crippen molar-refractivity contribution in [1.82, 2.24) is 4.57 Å². The Hall–Kier alpha value is -3.37. The Morgan fingerprint density at radius 1 is 1.00 bits per heavy atom. The Morgan fingerprint density at radius 3 is 2.50 bits per heavy atom. The first-order valence-electron chi connectivity index (χ1n) is 9.61. The summed E-state index contributed by atoms with van der Waals surface area (Å²) in [7, 11) is 0. The first-order chi connectivity index (χ1) is 14.4. The van der Waals surface area contributed by atoms with Gasteiger partial charge < -0.3 is 9.67 Å². The average molecular weight is 418 g/mol. The maximum Gasteiger partial charge on any atom is 0.341 e. The lowest BCUT2D eigenvalue weighted by Crippen LogP contribution is -2.19. The van der Waals surface area contributed by atoms with Gasteiger partial charge in [0.1, 0.15) is 5.56 Å². The number of hydrogen-bond donors (Lipinski definition) is 1. The summed E-state index contributed by atoms with van der Waals surface area (Å²) in [6.45, 7) is 2.43.